The van der Waals surface area contributed by atoms with Gasteiger partial charge in [-0.3, -0.25) is 9.78 Å². The highest BCUT2D eigenvalue weighted by atomic mass is 35.5. The molecule has 0 aliphatic heterocycles. The SMILES string of the molecule is O=C(COc1ccc(Cl)cc1Cl)NCc1nc(-c2ccncc2)cs1. The second-order valence-corrected chi connectivity index (χ2v) is 6.79. The van der Waals surface area contributed by atoms with Gasteiger partial charge in [0.2, 0.25) is 0 Å². The standard InChI is InChI=1S/C17H13Cl2N3O2S/c18-12-1-2-15(13(19)7-12)24-9-16(23)21-8-17-22-14(10-25-17)11-3-5-20-6-4-11/h1-7,10H,8-9H2,(H,21,23). The molecule has 0 fully saturated rings. The highest BCUT2D eigenvalue weighted by Crippen LogP contribution is 2.27. The average Bonchev–Trinajstić information content (AvgIpc) is 3.09. The molecule has 8 heteroatoms. The maximum Gasteiger partial charge on any atom is 0.258 e. The number of pyridine rings is 1. The first-order chi connectivity index (χ1) is 12.1. The molecule has 0 unspecified atom stereocenters. The molecule has 0 saturated heterocycles. The molecule has 128 valence electrons. The van der Waals surface area contributed by atoms with Crippen molar-refractivity contribution in [2.45, 2.75) is 6.54 Å². The van der Waals surface area contributed by atoms with E-state index in [1.165, 1.54) is 11.3 Å². The number of aromatic nitrogens is 2. The molecule has 0 atom stereocenters. The van der Waals surface area contributed by atoms with Crippen molar-refractivity contribution in [3.8, 4) is 17.0 Å². The highest BCUT2D eigenvalue weighted by molar-refractivity contribution is 7.09. The van der Waals surface area contributed by atoms with Crippen molar-refractivity contribution in [1.29, 1.82) is 0 Å². The highest BCUT2D eigenvalue weighted by Gasteiger charge is 2.09. The predicted octanol–water partition coefficient (Wildman–Crippen LogP) is 4.21. The first kappa shape index (κ1) is 17.7. The Hall–Kier alpha value is -2.15. The van der Waals surface area contributed by atoms with Crippen molar-refractivity contribution in [3.05, 3.63) is 63.2 Å². The van der Waals surface area contributed by atoms with Gasteiger partial charge >= 0.3 is 0 Å². The molecular weight excluding hydrogens is 381 g/mol. The smallest absolute Gasteiger partial charge is 0.258 e. The van der Waals surface area contributed by atoms with E-state index in [1.807, 2.05) is 17.5 Å². The topological polar surface area (TPSA) is 64.1 Å². The van der Waals surface area contributed by atoms with Gasteiger partial charge in [0.1, 0.15) is 10.8 Å². The molecule has 5 nitrogen and oxygen atoms in total. The quantitative estimate of drug-likeness (QED) is 0.681. The van der Waals surface area contributed by atoms with Crippen LogP contribution < -0.4 is 10.1 Å². The lowest BCUT2D eigenvalue weighted by Crippen LogP contribution is -2.28. The Morgan fingerprint density at radius 3 is 2.76 bits per heavy atom. The summed E-state index contributed by atoms with van der Waals surface area (Å²) in [7, 11) is 0. The van der Waals surface area contributed by atoms with Gasteiger partial charge in [0.25, 0.3) is 5.91 Å². The Morgan fingerprint density at radius 1 is 1.20 bits per heavy atom. The van der Waals surface area contributed by atoms with Crippen molar-refractivity contribution >= 4 is 40.4 Å². The van der Waals surface area contributed by atoms with Crippen LogP contribution >= 0.6 is 34.5 Å². The molecule has 3 aromatic rings. The third-order valence-corrected chi connectivity index (χ3v) is 4.60. The van der Waals surface area contributed by atoms with Crippen LogP contribution in [-0.4, -0.2) is 22.5 Å². The van der Waals surface area contributed by atoms with Gasteiger partial charge in [0, 0.05) is 28.4 Å². The van der Waals surface area contributed by atoms with Crippen molar-refractivity contribution in [2.24, 2.45) is 0 Å². The summed E-state index contributed by atoms with van der Waals surface area (Å²) < 4.78 is 5.39. The number of hydrogen-bond donors (Lipinski definition) is 1. The van der Waals surface area contributed by atoms with E-state index in [0.717, 1.165) is 16.3 Å². The zero-order valence-corrected chi connectivity index (χ0v) is 15.2. The number of rotatable bonds is 6. The summed E-state index contributed by atoms with van der Waals surface area (Å²) in [6.07, 6.45) is 3.44. The fourth-order valence-corrected chi connectivity index (χ4v) is 3.21. The van der Waals surface area contributed by atoms with Crippen molar-refractivity contribution in [3.63, 3.8) is 0 Å². The zero-order valence-electron chi connectivity index (χ0n) is 12.9. The van der Waals surface area contributed by atoms with Crippen LogP contribution in [0.25, 0.3) is 11.3 Å². The van der Waals surface area contributed by atoms with E-state index in [0.29, 0.717) is 22.3 Å². The molecule has 0 radical (unpaired) electrons. The van der Waals surface area contributed by atoms with Crippen molar-refractivity contribution in [2.75, 3.05) is 6.61 Å². The average molecular weight is 394 g/mol. The first-order valence-corrected chi connectivity index (χ1v) is 8.95. The maximum absolute atomic E-state index is 11.9. The Morgan fingerprint density at radius 2 is 2.00 bits per heavy atom. The van der Waals surface area contributed by atoms with Crippen LogP contribution in [0.2, 0.25) is 10.0 Å². The molecule has 0 bridgehead atoms. The number of thiazole rings is 1. The number of carbonyl (C=O) groups excluding carboxylic acids is 1. The van der Waals surface area contributed by atoms with Gasteiger partial charge in [0.15, 0.2) is 6.61 Å². The van der Waals surface area contributed by atoms with Gasteiger partial charge in [-0.15, -0.1) is 11.3 Å². The molecule has 0 aliphatic rings. The van der Waals surface area contributed by atoms with Crippen LogP contribution in [0.15, 0.2) is 48.1 Å². The summed E-state index contributed by atoms with van der Waals surface area (Å²) in [6.45, 7) is 0.205. The third-order valence-electron chi connectivity index (χ3n) is 3.22. The van der Waals surface area contributed by atoms with Crippen LogP contribution in [0.1, 0.15) is 5.01 Å². The summed E-state index contributed by atoms with van der Waals surface area (Å²) in [5.74, 6) is 0.155. The monoisotopic (exact) mass is 393 g/mol. The van der Waals surface area contributed by atoms with Crippen LogP contribution in [0.3, 0.4) is 0 Å². The Bertz CT molecular complexity index is 871. The molecule has 1 N–H and O–H groups in total. The molecule has 0 spiro atoms. The van der Waals surface area contributed by atoms with Crippen molar-refractivity contribution < 1.29 is 9.53 Å². The Balaban J connectivity index is 1.50. The van der Waals surface area contributed by atoms with Gasteiger partial charge < -0.3 is 10.1 Å². The number of carbonyl (C=O) groups is 1. The summed E-state index contributed by atoms with van der Waals surface area (Å²) in [4.78, 5) is 20.4. The van der Waals surface area contributed by atoms with Crippen LogP contribution in [-0.2, 0) is 11.3 Å². The van der Waals surface area contributed by atoms with Crippen LogP contribution in [0, 0.1) is 0 Å². The van der Waals surface area contributed by atoms with Crippen LogP contribution in [0.5, 0.6) is 5.75 Å². The first-order valence-electron chi connectivity index (χ1n) is 7.31. The van der Waals surface area contributed by atoms with Gasteiger partial charge in [-0.1, -0.05) is 23.2 Å². The molecule has 1 aromatic carbocycles. The molecule has 3 rings (SSSR count). The lowest BCUT2D eigenvalue weighted by atomic mass is 10.2. The predicted molar refractivity (Wildman–Crippen MR) is 99.1 cm³/mol. The lowest BCUT2D eigenvalue weighted by molar-refractivity contribution is -0.123. The fourth-order valence-electron chi connectivity index (χ4n) is 2.01. The van der Waals surface area contributed by atoms with E-state index in [-0.39, 0.29) is 12.5 Å². The second-order valence-electron chi connectivity index (χ2n) is 5.00. The summed E-state index contributed by atoms with van der Waals surface area (Å²) in [6, 6.07) is 8.62. The number of hydrogen-bond acceptors (Lipinski definition) is 5. The summed E-state index contributed by atoms with van der Waals surface area (Å²) in [5.41, 5.74) is 1.85. The van der Waals surface area contributed by atoms with E-state index in [1.54, 1.807) is 30.6 Å². The van der Waals surface area contributed by atoms with Gasteiger partial charge in [-0.05, 0) is 30.3 Å². The zero-order chi connectivity index (χ0) is 17.6. The van der Waals surface area contributed by atoms with E-state index in [2.05, 4.69) is 15.3 Å². The normalized spacial score (nSPS) is 10.5. The molecule has 0 saturated carbocycles. The van der Waals surface area contributed by atoms with E-state index < -0.39 is 0 Å². The van der Waals surface area contributed by atoms with Crippen molar-refractivity contribution in [1.82, 2.24) is 15.3 Å². The lowest BCUT2D eigenvalue weighted by Gasteiger charge is -2.08. The van der Waals surface area contributed by atoms with E-state index >= 15 is 0 Å². The van der Waals surface area contributed by atoms with E-state index in [9.17, 15) is 4.79 Å². The Labute approximate surface area is 158 Å². The number of nitrogens with zero attached hydrogens (tertiary/aromatic N) is 2. The van der Waals surface area contributed by atoms with Gasteiger partial charge in [0.05, 0.1) is 17.3 Å². The number of halogens is 2. The van der Waals surface area contributed by atoms with E-state index in [4.69, 9.17) is 27.9 Å². The number of nitrogens with one attached hydrogen (secondary N) is 1. The minimum absolute atomic E-state index is 0.135. The van der Waals surface area contributed by atoms with Gasteiger partial charge in [-0.2, -0.15) is 0 Å². The minimum atomic E-state index is -0.258. The third kappa shape index (κ3) is 4.92. The van der Waals surface area contributed by atoms with Crippen LogP contribution in [0.4, 0.5) is 0 Å². The molecule has 2 aromatic heterocycles. The number of ether oxygens (including phenoxy) is 1. The summed E-state index contributed by atoms with van der Waals surface area (Å²) in [5, 5.41) is 6.40. The Kier molecular flexibility index (Phi) is 5.86. The fraction of sp³-hybridized carbons (Fsp3) is 0.118. The molecule has 0 aliphatic carbocycles. The van der Waals surface area contributed by atoms with Gasteiger partial charge in [-0.25, -0.2) is 4.98 Å². The molecule has 1 amide bonds. The minimum Gasteiger partial charge on any atom is -0.482 e. The molecule has 25 heavy (non-hydrogen) atoms. The molecule has 2 heterocycles. The second kappa shape index (κ2) is 8.29. The summed E-state index contributed by atoms with van der Waals surface area (Å²) >= 11 is 13.3. The number of amides is 1. The largest absolute Gasteiger partial charge is 0.482 e. The molecular formula is C17H13Cl2N3O2S. The number of benzene rings is 1. The maximum atomic E-state index is 11.9.